The zero-order chi connectivity index (χ0) is 28.8. The highest BCUT2D eigenvalue weighted by Crippen LogP contribution is 2.28. The number of amides is 1. The van der Waals surface area contributed by atoms with Crippen LogP contribution < -0.4 is 14.4 Å². The second-order valence-corrected chi connectivity index (χ2v) is 13.1. The molecule has 1 fully saturated rings. The molecule has 1 saturated heterocycles. The van der Waals surface area contributed by atoms with E-state index in [2.05, 4.69) is 5.32 Å². The number of nitrogens with zero attached hydrogens (tertiary/aromatic N) is 2. The molecule has 1 aliphatic rings. The number of benzene rings is 3. The highest BCUT2D eigenvalue weighted by atomic mass is 32.2. The number of carbonyl (C=O) groups excluding carboxylic acids is 1. The molecule has 4 rings (SSSR count). The Bertz CT molecular complexity index is 1520. The lowest BCUT2D eigenvalue weighted by molar-refractivity contribution is -0.119. The lowest BCUT2D eigenvalue weighted by Crippen LogP contribution is -2.42. The van der Waals surface area contributed by atoms with Crippen molar-refractivity contribution in [1.82, 2.24) is 9.62 Å². The first-order valence-corrected chi connectivity index (χ1v) is 15.7. The van der Waals surface area contributed by atoms with Crippen molar-refractivity contribution < 1.29 is 31.1 Å². The predicted molar refractivity (Wildman–Crippen MR) is 151 cm³/mol. The average Bonchev–Trinajstić information content (AvgIpc) is 2.96. The summed E-state index contributed by atoms with van der Waals surface area (Å²) in [6.45, 7) is 4.84. The molecular weight excluding hydrogens is 554 g/mol. The molecule has 0 radical (unpaired) electrons. The molecule has 10 nitrogen and oxygen atoms in total. The lowest BCUT2D eigenvalue weighted by atomic mass is 10.1. The zero-order valence-corrected chi connectivity index (χ0v) is 24.1. The molecule has 0 saturated carbocycles. The summed E-state index contributed by atoms with van der Waals surface area (Å²) in [6.07, 6.45) is 0. The van der Waals surface area contributed by atoms with Crippen LogP contribution in [0, 0.1) is 13.8 Å². The Morgan fingerprint density at radius 2 is 1.60 bits per heavy atom. The largest absolute Gasteiger partial charge is 0.492 e. The first-order valence-electron chi connectivity index (χ1n) is 12.8. The van der Waals surface area contributed by atoms with E-state index in [0.717, 1.165) is 15.4 Å². The van der Waals surface area contributed by atoms with E-state index in [4.69, 9.17) is 9.47 Å². The van der Waals surface area contributed by atoms with Crippen molar-refractivity contribution in [1.29, 1.82) is 0 Å². The van der Waals surface area contributed by atoms with Crippen molar-refractivity contribution >= 4 is 31.6 Å². The van der Waals surface area contributed by atoms with Crippen LogP contribution in [0.3, 0.4) is 0 Å². The maximum Gasteiger partial charge on any atom is 0.264 e. The van der Waals surface area contributed by atoms with Crippen molar-refractivity contribution in [3.05, 3.63) is 83.9 Å². The minimum Gasteiger partial charge on any atom is -0.492 e. The van der Waals surface area contributed by atoms with Gasteiger partial charge in [0, 0.05) is 13.1 Å². The fraction of sp³-hybridized carbons (Fsp3) is 0.321. The van der Waals surface area contributed by atoms with Gasteiger partial charge in [0.25, 0.3) is 10.0 Å². The normalized spacial score (nSPS) is 14.4. The Labute approximate surface area is 235 Å². The Morgan fingerprint density at radius 3 is 2.27 bits per heavy atom. The smallest absolute Gasteiger partial charge is 0.264 e. The molecule has 0 spiro atoms. The standard InChI is InChI=1S/C28H33N3O7S2/c1-22-8-9-23(2)27(20-22)31(40(35,36)25-6-4-3-5-7-25)21-28(32)29-14-17-38-24-10-12-26(13-11-24)39(33,34)30-15-18-37-19-16-30/h3-13,20H,14-19,21H2,1-2H3,(H,29,32). The predicted octanol–water partition coefficient (Wildman–Crippen LogP) is 2.71. The fourth-order valence-corrected chi connectivity index (χ4v) is 7.10. The molecule has 1 amide bonds. The van der Waals surface area contributed by atoms with Gasteiger partial charge >= 0.3 is 0 Å². The minimum atomic E-state index is -4.00. The van der Waals surface area contributed by atoms with Gasteiger partial charge in [0.05, 0.1) is 35.2 Å². The van der Waals surface area contributed by atoms with E-state index in [1.165, 1.54) is 28.6 Å². The van der Waals surface area contributed by atoms with E-state index in [1.54, 1.807) is 43.3 Å². The summed E-state index contributed by atoms with van der Waals surface area (Å²) in [6, 6.07) is 19.5. The molecule has 0 aliphatic carbocycles. The number of anilines is 1. The first-order chi connectivity index (χ1) is 19.1. The van der Waals surface area contributed by atoms with Gasteiger partial charge in [0.15, 0.2) is 0 Å². The molecule has 3 aromatic carbocycles. The molecule has 1 aliphatic heterocycles. The van der Waals surface area contributed by atoms with Gasteiger partial charge in [-0.25, -0.2) is 16.8 Å². The van der Waals surface area contributed by atoms with Crippen molar-refractivity contribution in [3.63, 3.8) is 0 Å². The molecule has 214 valence electrons. The van der Waals surface area contributed by atoms with Crippen LogP contribution in [0.15, 0.2) is 82.6 Å². The van der Waals surface area contributed by atoms with E-state index in [-0.39, 0.29) is 22.9 Å². The minimum absolute atomic E-state index is 0.0890. The molecule has 0 unspecified atom stereocenters. The van der Waals surface area contributed by atoms with Crippen LogP contribution in [0.2, 0.25) is 0 Å². The monoisotopic (exact) mass is 587 g/mol. The lowest BCUT2D eigenvalue weighted by Gasteiger charge is -2.26. The van der Waals surface area contributed by atoms with Crippen LogP contribution in [0.4, 0.5) is 5.69 Å². The van der Waals surface area contributed by atoms with Crippen LogP contribution in [0.1, 0.15) is 11.1 Å². The molecule has 1 heterocycles. The number of sulfonamides is 2. The van der Waals surface area contributed by atoms with Crippen LogP contribution in [-0.2, 0) is 29.6 Å². The van der Waals surface area contributed by atoms with Gasteiger partial charge in [-0.1, -0.05) is 30.3 Å². The van der Waals surface area contributed by atoms with Gasteiger partial charge in [-0.05, 0) is 67.4 Å². The van der Waals surface area contributed by atoms with Crippen LogP contribution in [0.5, 0.6) is 5.75 Å². The highest BCUT2D eigenvalue weighted by molar-refractivity contribution is 7.92. The SMILES string of the molecule is Cc1ccc(C)c(N(CC(=O)NCCOc2ccc(S(=O)(=O)N3CCOCC3)cc2)S(=O)(=O)c2ccccc2)c1. The van der Waals surface area contributed by atoms with Gasteiger partial charge < -0.3 is 14.8 Å². The second-order valence-electron chi connectivity index (χ2n) is 9.30. The number of ether oxygens (including phenoxy) is 2. The van der Waals surface area contributed by atoms with Gasteiger partial charge in [-0.3, -0.25) is 9.10 Å². The summed E-state index contributed by atoms with van der Waals surface area (Å²) < 4.78 is 65.9. The van der Waals surface area contributed by atoms with Gasteiger partial charge in [0.2, 0.25) is 15.9 Å². The molecule has 0 aromatic heterocycles. The third kappa shape index (κ3) is 7.00. The maximum absolute atomic E-state index is 13.5. The summed E-state index contributed by atoms with van der Waals surface area (Å²) >= 11 is 0. The summed E-state index contributed by atoms with van der Waals surface area (Å²) in [7, 11) is -7.61. The van der Waals surface area contributed by atoms with Gasteiger partial charge in [-0.2, -0.15) is 4.31 Å². The van der Waals surface area contributed by atoms with E-state index in [1.807, 2.05) is 19.1 Å². The number of nitrogens with one attached hydrogen (secondary N) is 1. The number of hydrogen-bond donors (Lipinski definition) is 1. The summed E-state index contributed by atoms with van der Waals surface area (Å²) in [5.41, 5.74) is 2.02. The Balaban J connectivity index is 1.37. The number of aryl methyl sites for hydroxylation is 2. The van der Waals surface area contributed by atoms with E-state index in [9.17, 15) is 21.6 Å². The molecule has 0 atom stereocenters. The van der Waals surface area contributed by atoms with Crippen LogP contribution in [0.25, 0.3) is 0 Å². The third-order valence-corrected chi connectivity index (χ3v) is 10.1. The number of carbonyl (C=O) groups is 1. The van der Waals surface area contributed by atoms with Crippen molar-refractivity contribution in [2.75, 3.05) is 50.3 Å². The first kappa shape index (κ1) is 29.5. The molecule has 3 aromatic rings. The van der Waals surface area contributed by atoms with Gasteiger partial charge in [-0.15, -0.1) is 0 Å². The Morgan fingerprint density at radius 1 is 0.925 bits per heavy atom. The van der Waals surface area contributed by atoms with Crippen LogP contribution >= 0.6 is 0 Å². The Kier molecular flexibility index (Phi) is 9.46. The summed E-state index contributed by atoms with van der Waals surface area (Å²) in [4.78, 5) is 13.1. The molecule has 1 N–H and O–H groups in total. The van der Waals surface area contributed by atoms with Crippen molar-refractivity contribution in [2.24, 2.45) is 0 Å². The van der Waals surface area contributed by atoms with E-state index in [0.29, 0.717) is 37.7 Å². The second kappa shape index (κ2) is 12.8. The van der Waals surface area contributed by atoms with Gasteiger partial charge in [0.1, 0.15) is 18.9 Å². The fourth-order valence-electron chi connectivity index (χ4n) is 4.20. The summed E-state index contributed by atoms with van der Waals surface area (Å²) in [5, 5.41) is 2.70. The molecule has 0 bridgehead atoms. The molecular formula is C28H33N3O7S2. The Hall–Kier alpha value is -3.45. The summed E-state index contributed by atoms with van der Waals surface area (Å²) in [5.74, 6) is -0.0465. The quantitative estimate of drug-likeness (QED) is 0.342. The van der Waals surface area contributed by atoms with Crippen LogP contribution in [-0.4, -0.2) is 73.0 Å². The van der Waals surface area contributed by atoms with Crippen molar-refractivity contribution in [2.45, 2.75) is 23.6 Å². The number of rotatable bonds is 11. The van der Waals surface area contributed by atoms with E-state index >= 15 is 0 Å². The number of hydrogen-bond acceptors (Lipinski definition) is 7. The maximum atomic E-state index is 13.5. The number of morpholine rings is 1. The van der Waals surface area contributed by atoms with Crippen molar-refractivity contribution in [3.8, 4) is 5.75 Å². The van der Waals surface area contributed by atoms with E-state index < -0.39 is 32.5 Å². The zero-order valence-electron chi connectivity index (χ0n) is 22.4. The average molecular weight is 588 g/mol. The highest BCUT2D eigenvalue weighted by Gasteiger charge is 2.28. The third-order valence-electron chi connectivity index (χ3n) is 6.38. The molecule has 12 heteroatoms. The molecule has 40 heavy (non-hydrogen) atoms. The topological polar surface area (TPSA) is 122 Å².